The highest BCUT2D eigenvalue weighted by atomic mass is 16.3. The van der Waals surface area contributed by atoms with Crippen molar-refractivity contribution in [2.75, 3.05) is 18.0 Å². The summed E-state index contributed by atoms with van der Waals surface area (Å²) in [5.41, 5.74) is 0. The van der Waals surface area contributed by atoms with Gasteiger partial charge in [0.1, 0.15) is 6.26 Å². The number of furan rings is 1. The molecular formula is C12H11NO2. The lowest BCUT2D eigenvalue weighted by Crippen LogP contribution is -2.18. The maximum absolute atomic E-state index is 11.2. The Morgan fingerprint density at radius 2 is 2.13 bits per heavy atom. The molecule has 1 aromatic carbocycles. The number of fused-ring (bicyclic) bond motifs is 1. The molecule has 0 radical (unpaired) electrons. The molecule has 0 amide bonds. The molecule has 0 bridgehead atoms. The van der Waals surface area contributed by atoms with Crippen LogP contribution in [0.2, 0.25) is 0 Å². The van der Waals surface area contributed by atoms with Crippen molar-refractivity contribution in [2.45, 2.75) is 6.42 Å². The summed E-state index contributed by atoms with van der Waals surface area (Å²) in [7, 11) is 0. The molecule has 2 aromatic rings. The molecule has 0 aliphatic carbocycles. The number of hydrogen-bond donors (Lipinski definition) is 0. The average Bonchev–Trinajstić information content (AvgIpc) is 2.83. The number of anilines is 1. The Balaban J connectivity index is 2.07. The van der Waals surface area contributed by atoms with Gasteiger partial charge in [-0.25, -0.2) is 0 Å². The Morgan fingerprint density at radius 3 is 2.93 bits per heavy atom. The van der Waals surface area contributed by atoms with Gasteiger partial charge in [0.05, 0.1) is 6.54 Å². The molecule has 1 fully saturated rings. The zero-order chi connectivity index (χ0) is 10.3. The molecule has 1 aliphatic rings. The second kappa shape index (κ2) is 3.12. The minimum Gasteiger partial charge on any atom is -0.447 e. The van der Waals surface area contributed by atoms with Crippen LogP contribution in [0.25, 0.3) is 10.8 Å². The fraction of sp³-hybridized carbons (Fsp3) is 0.250. The van der Waals surface area contributed by atoms with Crippen molar-refractivity contribution in [1.29, 1.82) is 0 Å². The van der Waals surface area contributed by atoms with Gasteiger partial charge >= 0.3 is 0 Å². The van der Waals surface area contributed by atoms with Gasteiger partial charge in [0.2, 0.25) is 5.88 Å². The molecule has 15 heavy (non-hydrogen) atoms. The predicted molar refractivity (Wildman–Crippen MR) is 58.1 cm³/mol. The Hall–Kier alpha value is -1.77. The van der Waals surface area contributed by atoms with E-state index in [0.717, 1.165) is 23.2 Å². The first-order valence-corrected chi connectivity index (χ1v) is 5.07. The van der Waals surface area contributed by atoms with Crippen LogP contribution in [0.1, 0.15) is 6.42 Å². The molecule has 0 unspecified atom stereocenters. The number of Topliss-reactive ketones (excluding diaryl/α,β-unsaturated/α-hetero) is 1. The van der Waals surface area contributed by atoms with Gasteiger partial charge in [0.25, 0.3) is 0 Å². The van der Waals surface area contributed by atoms with Crippen LogP contribution in [0.5, 0.6) is 0 Å². The van der Waals surface area contributed by atoms with Crippen molar-refractivity contribution in [3.05, 3.63) is 30.5 Å². The van der Waals surface area contributed by atoms with Gasteiger partial charge in [-0.2, -0.15) is 0 Å². The van der Waals surface area contributed by atoms with Crippen molar-refractivity contribution in [3.63, 3.8) is 0 Å². The first kappa shape index (κ1) is 8.53. The first-order valence-electron chi connectivity index (χ1n) is 5.07. The molecule has 3 rings (SSSR count). The van der Waals surface area contributed by atoms with Crippen LogP contribution in [0.15, 0.2) is 34.9 Å². The minimum absolute atomic E-state index is 0.287. The van der Waals surface area contributed by atoms with Gasteiger partial charge in [-0.15, -0.1) is 0 Å². The van der Waals surface area contributed by atoms with Crippen molar-refractivity contribution >= 4 is 22.4 Å². The Labute approximate surface area is 87.3 Å². The molecule has 0 spiro atoms. The maximum atomic E-state index is 11.2. The molecule has 1 aliphatic heterocycles. The number of benzene rings is 1. The highest BCUT2D eigenvalue weighted by molar-refractivity contribution is 5.95. The van der Waals surface area contributed by atoms with E-state index in [1.165, 1.54) is 0 Å². The molecular weight excluding hydrogens is 190 g/mol. The van der Waals surface area contributed by atoms with Crippen LogP contribution >= 0.6 is 0 Å². The summed E-state index contributed by atoms with van der Waals surface area (Å²) in [6.07, 6.45) is 2.38. The highest BCUT2D eigenvalue weighted by Gasteiger charge is 2.23. The SMILES string of the molecule is O=C1CCN(c2occ3ccccc23)C1. The summed E-state index contributed by atoms with van der Waals surface area (Å²) < 4.78 is 5.52. The molecule has 3 nitrogen and oxygen atoms in total. The molecule has 0 saturated carbocycles. The summed E-state index contributed by atoms with van der Waals surface area (Å²) in [6.45, 7) is 1.26. The predicted octanol–water partition coefficient (Wildman–Crippen LogP) is 2.21. The number of nitrogens with zero attached hydrogens (tertiary/aromatic N) is 1. The van der Waals surface area contributed by atoms with Crippen LogP contribution in [0.3, 0.4) is 0 Å². The summed E-state index contributed by atoms with van der Waals surface area (Å²) in [5.74, 6) is 1.12. The zero-order valence-corrected chi connectivity index (χ0v) is 8.27. The number of carbonyl (C=O) groups excluding carboxylic acids is 1. The van der Waals surface area contributed by atoms with Gasteiger partial charge in [0, 0.05) is 23.7 Å². The normalized spacial score (nSPS) is 16.5. The summed E-state index contributed by atoms with van der Waals surface area (Å²) in [5, 5.41) is 2.18. The van der Waals surface area contributed by atoms with Gasteiger partial charge in [0.15, 0.2) is 5.78 Å². The lowest BCUT2D eigenvalue weighted by atomic mass is 10.2. The minimum atomic E-state index is 0.287. The van der Waals surface area contributed by atoms with E-state index in [-0.39, 0.29) is 5.78 Å². The van der Waals surface area contributed by atoms with Crippen LogP contribution in [-0.2, 0) is 4.79 Å². The van der Waals surface area contributed by atoms with Gasteiger partial charge in [-0.1, -0.05) is 18.2 Å². The zero-order valence-electron chi connectivity index (χ0n) is 8.27. The Bertz CT molecular complexity index is 515. The standard InChI is InChI=1S/C12H11NO2/c14-10-5-6-13(7-10)12-11-4-2-1-3-9(11)8-15-12/h1-4,8H,5-7H2. The van der Waals surface area contributed by atoms with E-state index in [9.17, 15) is 4.79 Å². The van der Waals surface area contributed by atoms with Crippen molar-refractivity contribution < 1.29 is 9.21 Å². The lowest BCUT2D eigenvalue weighted by molar-refractivity contribution is -0.116. The van der Waals surface area contributed by atoms with Gasteiger partial charge in [-0.05, 0) is 6.07 Å². The van der Waals surface area contributed by atoms with E-state index in [4.69, 9.17) is 4.42 Å². The maximum Gasteiger partial charge on any atom is 0.203 e. The highest BCUT2D eigenvalue weighted by Crippen LogP contribution is 2.30. The second-order valence-corrected chi connectivity index (χ2v) is 3.84. The molecule has 0 atom stereocenters. The molecule has 1 saturated heterocycles. The molecule has 1 aromatic heterocycles. The van der Waals surface area contributed by atoms with Crippen molar-refractivity contribution in [3.8, 4) is 0 Å². The van der Waals surface area contributed by atoms with E-state index in [2.05, 4.69) is 0 Å². The van der Waals surface area contributed by atoms with E-state index in [1.807, 2.05) is 29.2 Å². The monoisotopic (exact) mass is 201 g/mol. The van der Waals surface area contributed by atoms with E-state index in [1.54, 1.807) is 6.26 Å². The fourth-order valence-electron chi connectivity index (χ4n) is 2.03. The third-order valence-electron chi connectivity index (χ3n) is 2.80. The van der Waals surface area contributed by atoms with Crippen LogP contribution in [-0.4, -0.2) is 18.9 Å². The third-order valence-corrected chi connectivity index (χ3v) is 2.80. The largest absolute Gasteiger partial charge is 0.447 e. The van der Waals surface area contributed by atoms with E-state index in [0.29, 0.717) is 13.0 Å². The van der Waals surface area contributed by atoms with Crippen molar-refractivity contribution in [2.24, 2.45) is 0 Å². The van der Waals surface area contributed by atoms with Crippen LogP contribution in [0.4, 0.5) is 5.88 Å². The Morgan fingerprint density at radius 1 is 1.27 bits per heavy atom. The topological polar surface area (TPSA) is 33.5 Å². The van der Waals surface area contributed by atoms with Crippen LogP contribution in [0, 0.1) is 0 Å². The quantitative estimate of drug-likeness (QED) is 0.709. The molecule has 0 N–H and O–H groups in total. The summed E-state index contributed by atoms with van der Waals surface area (Å²) in [6, 6.07) is 8.01. The van der Waals surface area contributed by atoms with E-state index < -0.39 is 0 Å². The summed E-state index contributed by atoms with van der Waals surface area (Å²) >= 11 is 0. The molecule has 3 heteroatoms. The number of rotatable bonds is 1. The average molecular weight is 201 g/mol. The van der Waals surface area contributed by atoms with E-state index >= 15 is 0 Å². The van der Waals surface area contributed by atoms with Crippen molar-refractivity contribution in [1.82, 2.24) is 0 Å². The Kier molecular flexibility index (Phi) is 1.78. The molecule has 76 valence electrons. The third kappa shape index (κ3) is 1.31. The number of ketones is 1. The number of carbonyl (C=O) groups is 1. The van der Waals surface area contributed by atoms with Crippen LogP contribution < -0.4 is 4.90 Å². The summed E-state index contributed by atoms with van der Waals surface area (Å²) in [4.78, 5) is 13.2. The van der Waals surface area contributed by atoms with Gasteiger partial charge < -0.3 is 9.32 Å². The molecule has 2 heterocycles. The first-order chi connectivity index (χ1) is 7.34. The number of hydrogen-bond acceptors (Lipinski definition) is 3. The fourth-order valence-corrected chi connectivity index (χ4v) is 2.03. The lowest BCUT2D eigenvalue weighted by Gasteiger charge is -2.12. The van der Waals surface area contributed by atoms with Gasteiger partial charge in [-0.3, -0.25) is 4.79 Å². The smallest absolute Gasteiger partial charge is 0.203 e. The second-order valence-electron chi connectivity index (χ2n) is 3.84.